The van der Waals surface area contributed by atoms with Crippen molar-refractivity contribution in [3.8, 4) is 5.75 Å². The highest BCUT2D eigenvalue weighted by Gasteiger charge is 2.28. The van der Waals surface area contributed by atoms with Crippen LogP contribution in [0.15, 0.2) is 53.4 Å². The highest BCUT2D eigenvalue weighted by Crippen LogP contribution is 2.20. The van der Waals surface area contributed by atoms with Gasteiger partial charge in [0.15, 0.2) is 6.61 Å². The van der Waals surface area contributed by atoms with Gasteiger partial charge in [-0.3, -0.25) is 4.79 Å². The molecule has 0 spiro atoms. The van der Waals surface area contributed by atoms with Gasteiger partial charge in [-0.05, 0) is 42.0 Å². The van der Waals surface area contributed by atoms with Crippen molar-refractivity contribution in [2.45, 2.75) is 31.5 Å². The molecule has 30 heavy (non-hydrogen) atoms. The number of ether oxygens (including phenoxy) is 1. The van der Waals surface area contributed by atoms with Crippen molar-refractivity contribution >= 4 is 15.9 Å². The number of sulfonamides is 1. The van der Waals surface area contributed by atoms with Gasteiger partial charge in [0.1, 0.15) is 5.75 Å². The van der Waals surface area contributed by atoms with E-state index in [1.807, 2.05) is 0 Å². The second kappa shape index (κ2) is 9.94. The number of amides is 1. The Balaban J connectivity index is 2.00. The molecule has 10 heteroatoms. The smallest absolute Gasteiger partial charge is 0.422 e. The number of carbonyl (C=O) groups excluding carboxylic acids is 1. The summed E-state index contributed by atoms with van der Waals surface area (Å²) in [5, 5.41) is 2.64. The second-order valence-electron chi connectivity index (χ2n) is 6.35. The van der Waals surface area contributed by atoms with Gasteiger partial charge < -0.3 is 10.1 Å². The van der Waals surface area contributed by atoms with E-state index < -0.39 is 28.7 Å². The molecule has 0 fully saturated rings. The Morgan fingerprint density at radius 3 is 2.27 bits per heavy atom. The van der Waals surface area contributed by atoms with Gasteiger partial charge in [0.25, 0.3) is 5.91 Å². The second-order valence-corrected chi connectivity index (χ2v) is 8.29. The summed E-state index contributed by atoms with van der Waals surface area (Å²) >= 11 is 0. The predicted octanol–water partition coefficient (Wildman–Crippen LogP) is 3.59. The SMILES string of the molecule is CCN(CC)S(=O)(=O)c1ccc(C(=O)NCc2cccc(OCC(F)(F)F)c2)cc1. The third-order valence-corrected chi connectivity index (χ3v) is 6.28. The fraction of sp³-hybridized carbons (Fsp3) is 0.350. The number of halogens is 3. The van der Waals surface area contributed by atoms with Crippen LogP contribution in [0.25, 0.3) is 0 Å². The maximum atomic E-state index is 12.5. The van der Waals surface area contributed by atoms with E-state index in [9.17, 15) is 26.4 Å². The summed E-state index contributed by atoms with van der Waals surface area (Å²) in [6.07, 6.45) is -4.44. The lowest BCUT2D eigenvalue weighted by Gasteiger charge is -2.18. The average molecular weight is 444 g/mol. The third kappa shape index (κ3) is 6.46. The van der Waals surface area contributed by atoms with Crippen molar-refractivity contribution in [2.75, 3.05) is 19.7 Å². The predicted molar refractivity (Wildman–Crippen MR) is 106 cm³/mol. The molecule has 6 nitrogen and oxygen atoms in total. The van der Waals surface area contributed by atoms with Crippen molar-refractivity contribution in [3.05, 3.63) is 59.7 Å². The number of rotatable bonds is 9. The Morgan fingerprint density at radius 2 is 1.70 bits per heavy atom. The van der Waals surface area contributed by atoms with Gasteiger partial charge in [-0.25, -0.2) is 8.42 Å². The molecule has 2 aromatic rings. The zero-order valence-electron chi connectivity index (χ0n) is 16.6. The van der Waals surface area contributed by atoms with Gasteiger partial charge in [0.2, 0.25) is 10.0 Å². The van der Waals surface area contributed by atoms with E-state index in [0.29, 0.717) is 18.7 Å². The maximum Gasteiger partial charge on any atom is 0.422 e. The minimum Gasteiger partial charge on any atom is -0.484 e. The molecule has 0 aromatic heterocycles. The third-order valence-electron chi connectivity index (χ3n) is 4.21. The summed E-state index contributed by atoms with van der Waals surface area (Å²) in [4.78, 5) is 12.4. The van der Waals surface area contributed by atoms with Crippen LogP contribution in [-0.4, -0.2) is 44.5 Å². The summed E-state index contributed by atoms with van der Waals surface area (Å²) in [7, 11) is -3.61. The zero-order valence-corrected chi connectivity index (χ0v) is 17.4. The Morgan fingerprint density at radius 1 is 1.07 bits per heavy atom. The Kier molecular flexibility index (Phi) is 7.85. The van der Waals surface area contributed by atoms with Crippen LogP contribution in [0.3, 0.4) is 0 Å². The van der Waals surface area contributed by atoms with Gasteiger partial charge in [-0.2, -0.15) is 17.5 Å². The first-order valence-corrected chi connectivity index (χ1v) is 10.7. The van der Waals surface area contributed by atoms with Gasteiger partial charge in [0, 0.05) is 25.2 Å². The van der Waals surface area contributed by atoms with E-state index >= 15 is 0 Å². The fourth-order valence-corrected chi connectivity index (χ4v) is 4.14. The molecule has 0 aliphatic rings. The molecule has 0 atom stereocenters. The van der Waals surface area contributed by atoms with E-state index in [2.05, 4.69) is 10.1 Å². The molecule has 1 N–H and O–H groups in total. The van der Waals surface area contributed by atoms with Crippen LogP contribution in [0.2, 0.25) is 0 Å². The summed E-state index contributed by atoms with van der Waals surface area (Å²) in [5.41, 5.74) is 0.821. The maximum absolute atomic E-state index is 12.5. The topological polar surface area (TPSA) is 75.7 Å². The quantitative estimate of drug-likeness (QED) is 0.642. The van der Waals surface area contributed by atoms with Crippen LogP contribution < -0.4 is 10.1 Å². The lowest BCUT2D eigenvalue weighted by molar-refractivity contribution is -0.153. The monoisotopic (exact) mass is 444 g/mol. The number of hydrogen-bond acceptors (Lipinski definition) is 4. The standard InChI is InChI=1S/C20H23F3N2O4S/c1-3-25(4-2)30(27,28)18-10-8-16(9-11-18)19(26)24-13-15-6-5-7-17(12-15)29-14-20(21,22)23/h5-12H,3-4,13-14H2,1-2H3,(H,24,26). The Bertz CT molecular complexity index is 957. The fourth-order valence-electron chi connectivity index (χ4n) is 2.69. The zero-order chi connectivity index (χ0) is 22.4. The summed E-state index contributed by atoms with van der Waals surface area (Å²) in [6.45, 7) is 2.84. The van der Waals surface area contributed by atoms with Crippen LogP contribution in [0, 0.1) is 0 Å². The van der Waals surface area contributed by atoms with Crippen LogP contribution >= 0.6 is 0 Å². The number of nitrogens with zero attached hydrogens (tertiary/aromatic N) is 1. The van der Waals surface area contributed by atoms with Crippen molar-refractivity contribution in [3.63, 3.8) is 0 Å². The minimum atomic E-state index is -4.44. The molecular formula is C20H23F3N2O4S. The van der Waals surface area contributed by atoms with E-state index in [1.165, 1.54) is 46.8 Å². The average Bonchev–Trinajstić information content (AvgIpc) is 2.71. The molecule has 2 rings (SSSR count). The molecule has 0 radical (unpaired) electrons. The van der Waals surface area contributed by atoms with Crippen LogP contribution in [-0.2, 0) is 16.6 Å². The molecule has 164 valence electrons. The van der Waals surface area contributed by atoms with Gasteiger partial charge in [-0.1, -0.05) is 26.0 Å². The molecule has 0 heterocycles. The highest BCUT2D eigenvalue weighted by molar-refractivity contribution is 7.89. The highest BCUT2D eigenvalue weighted by atomic mass is 32.2. The van der Waals surface area contributed by atoms with Gasteiger partial charge >= 0.3 is 6.18 Å². The molecular weight excluding hydrogens is 421 g/mol. The Labute approximate surface area is 173 Å². The van der Waals surface area contributed by atoms with Crippen LogP contribution in [0.1, 0.15) is 29.8 Å². The number of benzene rings is 2. The minimum absolute atomic E-state index is 0.0463. The summed E-state index contributed by atoms with van der Waals surface area (Å²) in [6, 6.07) is 11.5. The number of nitrogens with one attached hydrogen (secondary N) is 1. The van der Waals surface area contributed by atoms with Crippen molar-refractivity contribution < 1.29 is 31.1 Å². The summed E-state index contributed by atoms with van der Waals surface area (Å²) in [5.74, 6) is -0.395. The van der Waals surface area contributed by atoms with Crippen molar-refractivity contribution in [1.29, 1.82) is 0 Å². The normalized spacial score (nSPS) is 12.1. The number of hydrogen-bond donors (Lipinski definition) is 1. The van der Waals surface area contributed by atoms with E-state index in [0.717, 1.165) is 0 Å². The molecule has 0 aliphatic carbocycles. The first kappa shape index (κ1) is 23.7. The van der Waals surface area contributed by atoms with Crippen LogP contribution in [0.5, 0.6) is 5.75 Å². The van der Waals surface area contributed by atoms with E-state index in [4.69, 9.17) is 0 Å². The number of alkyl halides is 3. The molecule has 0 saturated carbocycles. The van der Waals surface area contributed by atoms with E-state index in [1.54, 1.807) is 19.9 Å². The van der Waals surface area contributed by atoms with Gasteiger partial charge in [0.05, 0.1) is 4.90 Å². The molecule has 0 unspecified atom stereocenters. The largest absolute Gasteiger partial charge is 0.484 e. The first-order chi connectivity index (χ1) is 14.1. The van der Waals surface area contributed by atoms with Crippen LogP contribution in [0.4, 0.5) is 13.2 Å². The van der Waals surface area contributed by atoms with Crippen molar-refractivity contribution in [2.24, 2.45) is 0 Å². The molecule has 0 bridgehead atoms. The molecule has 1 amide bonds. The van der Waals surface area contributed by atoms with E-state index in [-0.39, 0.29) is 22.8 Å². The lowest BCUT2D eigenvalue weighted by Crippen LogP contribution is -2.30. The number of carbonyl (C=O) groups is 1. The van der Waals surface area contributed by atoms with Gasteiger partial charge in [-0.15, -0.1) is 0 Å². The molecule has 2 aromatic carbocycles. The summed E-state index contributed by atoms with van der Waals surface area (Å²) < 4.78 is 67.7. The molecule has 0 saturated heterocycles. The lowest BCUT2D eigenvalue weighted by atomic mass is 10.2. The first-order valence-electron chi connectivity index (χ1n) is 9.23. The molecule has 0 aliphatic heterocycles. The Hall–Kier alpha value is -2.59. The van der Waals surface area contributed by atoms with Crippen molar-refractivity contribution in [1.82, 2.24) is 9.62 Å².